The number of ether oxygens (including phenoxy) is 4. The Balaban J connectivity index is 2.33. The Morgan fingerprint density at radius 2 is 1.32 bits per heavy atom. The highest BCUT2D eigenvalue weighted by Gasteiger charge is 2.14. The van der Waals surface area contributed by atoms with E-state index >= 15 is 0 Å². The van der Waals surface area contributed by atoms with E-state index in [1.165, 1.54) is 57.8 Å². The molecule has 0 saturated carbocycles. The second kappa shape index (κ2) is 26.7. The zero-order valence-electron chi connectivity index (χ0n) is 26.0. The monoisotopic (exact) mass is 593 g/mol. The second-order valence-corrected chi connectivity index (χ2v) is 10.8. The van der Waals surface area contributed by atoms with Gasteiger partial charge in [-0.3, -0.25) is 0 Å². The van der Waals surface area contributed by atoms with Crippen LogP contribution in [0.5, 0.6) is 11.5 Å². The number of halogens is 1. The van der Waals surface area contributed by atoms with Gasteiger partial charge in [0.1, 0.15) is 23.1 Å². The van der Waals surface area contributed by atoms with Gasteiger partial charge >= 0.3 is 6.16 Å². The van der Waals surface area contributed by atoms with Crippen LogP contribution in [-0.4, -0.2) is 39.6 Å². The molecule has 0 spiro atoms. The lowest BCUT2D eigenvalue weighted by Crippen LogP contribution is -2.14. The van der Waals surface area contributed by atoms with E-state index in [9.17, 15) is 4.79 Å². The van der Waals surface area contributed by atoms with E-state index in [2.05, 4.69) is 43.5 Å². The molecule has 1 rings (SSSR count). The molecule has 6 nitrogen and oxygen atoms in total. The van der Waals surface area contributed by atoms with Gasteiger partial charge in [-0.2, -0.15) is 0 Å². The van der Waals surface area contributed by atoms with Crippen molar-refractivity contribution in [3.63, 3.8) is 0 Å². The predicted octanol–water partition coefficient (Wildman–Crippen LogP) is 9.97. The molecular weight excluding hydrogens is 538 g/mol. The minimum absolute atomic E-state index is 0.0630. The number of allylic oxidation sites excluding steroid dienone is 4. The Hall–Kier alpha value is -2.18. The minimum Gasteiger partial charge on any atom is -0.492 e. The summed E-state index contributed by atoms with van der Waals surface area (Å²) in [6.45, 7) is 6.66. The summed E-state index contributed by atoms with van der Waals surface area (Å²) < 4.78 is 22.3. The summed E-state index contributed by atoms with van der Waals surface area (Å²) in [5, 5.41) is 3.47. The first kappa shape index (κ1) is 36.8. The topological polar surface area (TPSA) is 66.0 Å². The molecule has 0 aliphatic carbocycles. The number of benzene rings is 1. The lowest BCUT2D eigenvalue weighted by atomic mass is 10.1. The molecule has 0 amide bonds. The number of hydrogen-bond acceptors (Lipinski definition) is 6. The van der Waals surface area contributed by atoms with E-state index in [-0.39, 0.29) is 6.61 Å². The van der Waals surface area contributed by atoms with E-state index in [1.807, 2.05) is 13.1 Å². The summed E-state index contributed by atoms with van der Waals surface area (Å²) in [6, 6.07) is 3.62. The van der Waals surface area contributed by atoms with Crippen molar-refractivity contribution < 1.29 is 23.7 Å². The van der Waals surface area contributed by atoms with E-state index < -0.39 is 6.16 Å². The fraction of sp³-hybridized carbons (Fsp3) is 0.676. The lowest BCUT2D eigenvalue weighted by molar-refractivity contribution is 0.0492. The molecule has 0 aromatic heterocycles. The highest BCUT2D eigenvalue weighted by Crippen LogP contribution is 2.36. The van der Waals surface area contributed by atoms with Crippen molar-refractivity contribution in [2.45, 2.75) is 117 Å². The minimum atomic E-state index is -0.687. The second-order valence-electron chi connectivity index (χ2n) is 10.4. The van der Waals surface area contributed by atoms with Gasteiger partial charge in [0.15, 0.2) is 0 Å². The average molecular weight is 594 g/mol. The van der Waals surface area contributed by atoms with E-state index in [1.54, 1.807) is 6.07 Å². The number of carbonyl (C=O) groups is 1. The predicted molar refractivity (Wildman–Crippen MR) is 171 cm³/mol. The first-order valence-electron chi connectivity index (χ1n) is 15.9. The first-order valence-corrected chi connectivity index (χ1v) is 16.3. The van der Waals surface area contributed by atoms with Crippen LogP contribution in [0.4, 0.5) is 4.79 Å². The molecule has 0 aliphatic heterocycles. The molecule has 0 aliphatic rings. The Morgan fingerprint density at radius 1 is 0.732 bits per heavy atom. The number of nitrogens with one attached hydrogen (secondary N) is 1. The van der Waals surface area contributed by atoms with Crippen LogP contribution in [0, 0.1) is 0 Å². The Morgan fingerprint density at radius 3 is 1.95 bits per heavy atom. The summed E-state index contributed by atoms with van der Waals surface area (Å²) in [6.07, 6.45) is 25.6. The van der Waals surface area contributed by atoms with Gasteiger partial charge in [0.25, 0.3) is 0 Å². The summed E-state index contributed by atoms with van der Waals surface area (Å²) in [5.74, 6) is 1.11. The van der Waals surface area contributed by atoms with Gasteiger partial charge in [-0.25, -0.2) is 4.79 Å². The van der Waals surface area contributed by atoms with Crippen LogP contribution in [0.3, 0.4) is 0 Å². The molecule has 1 aromatic rings. The highest BCUT2D eigenvalue weighted by molar-refractivity contribution is 6.33. The number of hydrogen-bond donors (Lipinski definition) is 1. The maximum atomic E-state index is 11.9. The summed E-state index contributed by atoms with van der Waals surface area (Å²) in [7, 11) is 1.86. The summed E-state index contributed by atoms with van der Waals surface area (Å²) in [4.78, 5) is 11.9. The molecule has 7 heteroatoms. The third kappa shape index (κ3) is 20.4. The Kier molecular flexibility index (Phi) is 24.0. The lowest BCUT2D eigenvalue weighted by Gasteiger charge is -2.15. The molecule has 0 unspecified atom stereocenters. The van der Waals surface area contributed by atoms with Gasteiger partial charge in [0.05, 0.1) is 19.8 Å². The van der Waals surface area contributed by atoms with Gasteiger partial charge in [-0.1, -0.05) is 94.7 Å². The van der Waals surface area contributed by atoms with Crippen molar-refractivity contribution in [2.75, 3.05) is 33.4 Å². The van der Waals surface area contributed by atoms with Gasteiger partial charge in [0.2, 0.25) is 0 Å². The quantitative estimate of drug-likeness (QED) is 0.0655. The normalized spacial score (nSPS) is 11.4. The van der Waals surface area contributed by atoms with Crippen LogP contribution in [0.15, 0.2) is 36.4 Å². The van der Waals surface area contributed by atoms with E-state index in [0.717, 1.165) is 50.6 Å². The molecule has 0 atom stereocenters. The van der Waals surface area contributed by atoms with Crippen LogP contribution in [0.2, 0.25) is 5.02 Å². The largest absolute Gasteiger partial charge is 0.508 e. The molecule has 0 heterocycles. The number of rotatable bonds is 26. The van der Waals surface area contributed by atoms with Crippen molar-refractivity contribution in [1.82, 2.24) is 5.32 Å². The van der Waals surface area contributed by atoms with Gasteiger partial charge in [-0.05, 0) is 82.7 Å². The standard InChI is InChI=1S/C34H56ClNO5/c1-4-6-8-9-10-11-12-13-14-15-16-17-18-19-20-21-25-39-32-28-30(27-31(33(32)35)38-24-7-5-2)29-41-34(37)40-26-22-23-36-3/h10-11,13-14,27-28,36H,4-9,12,15-26,29H2,1-3H3/b11-10-,14-13-. The zero-order chi connectivity index (χ0) is 29.8. The number of carbonyl (C=O) groups excluding carboxylic acids is 1. The maximum Gasteiger partial charge on any atom is 0.508 e. The first-order chi connectivity index (χ1) is 20.1. The third-order valence-corrected chi connectivity index (χ3v) is 6.94. The van der Waals surface area contributed by atoms with E-state index in [4.69, 9.17) is 30.5 Å². The smallest absolute Gasteiger partial charge is 0.492 e. The summed E-state index contributed by atoms with van der Waals surface area (Å²) in [5.41, 5.74) is 0.750. The molecule has 0 radical (unpaired) electrons. The fourth-order valence-corrected chi connectivity index (χ4v) is 4.33. The van der Waals surface area contributed by atoms with E-state index in [0.29, 0.717) is 36.3 Å². The molecule has 0 saturated heterocycles. The van der Waals surface area contributed by atoms with Crippen molar-refractivity contribution in [2.24, 2.45) is 0 Å². The molecule has 1 aromatic carbocycles. The molecule has 0 bridgehead atoms. The van der Waals surface area contributed by atoms with Crippen molar-refractivity contribution in [3.8, 4) is 11.5 Å². The molecule has 0 fully saturated rings. The molecule has 234 valence electrons. The number of unbranched alkanes of at least 4 members (excludes halogenated alkanes) is 10. The maximum absolute atomic E-state index is 11.9. The molecule has 41 heavy (non-hydrogen) atoms. The molecular formula is C34H56ClNO5. The zero-order valence-corrected chi connectivity index (χ0v) is 26.8. The highest BCUT2D eigenvalue weighted by atomic mass is 35.5. The van der Waals surface area contributed by atoms with Crippen LogP contribution in [-0.2, 0) is 16.1 Å². The van der Waals surface area contributed by atoms with Crippen LogP contribution < -0.4 is 14.8 Å². The van der Waals surface area contributed by atoms with Crippen molar-refractivity contribution in [1.29, 1.82) is 0 Å². The fourth-order valence-electron chi connectivity index (χ4n) is 4.11. The average Bonchev–Trinajstić information content (AvgIpc) is 2.97. The van der Waals surface area contributed by atoms with Gasteiger partial charge in [-0.15, -0.1) is 0 Å². The SMILES string of the molecule is CCCCC/C=C\C/C=C\CCCCCCCCOc1cc(COC(=O)OCCCNC)cc(OCCCC)c1Cl. The van der Waals surface area contributed by atoms with Crippen molar-refractivity contribution >= 4 is 17.8 Å². The van der Waals surface area contributed by atoms with Crippen LogP contribution >= 0.6 is 11.6 Å². The van der Waals surface area contributed by atoms with Crippen LogP contribution in [0.1, 0.15) is 116 Å². The Labute approximate surface area is 255 Å². The van der Waals surface area contributed by atoms with Gasteiger partial charge in [0, 0.05) is 0 Å². The third-order valence-electron chi connectivity index (χ3n) is 6.57. The van der Waals surface area contributed by atoms with Crippen molar-refractivity contribution in [3.05, 3.63) is 47.0 Å². The molecule has 1 N–H and O–H groups in total. The van der Waals surface area contributed by atoms with Gasteiger partial charge < -0.3 is 24.3 Å². The Bertz CT molecular complexity index is 843. The van der Waals surface area contributed by atoms with Crippen LogP contribution in [0.25, 0.3) is 0 Å². The summed E-state index contributed by atoms with van der Waals surface area (Å²) >= 11 is 6.60.